The molecule has 4 rings (SSSR count). The number of pyridine rings is 1. The van der Waals surface area contributed by atoms with Crippen molar-refractivity contribution in [1.29, 1.82) is 0 Å². The predicted octanol–water partition coefficient (Wildman–Crippen LogP) is 6.40. The lowest BCUT2D eigenvalue weighted by Gasteiger charge is -2.36. The van der Waals surface area contributed by atoms with Gasteiger partial charge in [0.25, 0.3) is 0 Å². The summed E-state index contributed by atoms with van der Waals surface area (Å²) < 4.78 is 21.4. The first-order chi connectivity index (χ1) is 16.4. The summed E-state index contributed by atoms with van der Waals surface area (Å²) >= 11 is 7.60. The Kier molecular flexibility index (Phi) is 8.40. The smallest absolute Gasteiger partial charge is 0.308 e. The van der Waals surface area contributed by atoms with Crippen molar-refractivity contribution in [2.24, 2.45) is 11.8 Å². The summed E-state index contributed by atoms with van der Waals surface area (Å²) in [6, 6.07) is 11.1. The van der Waals surface area contributed by atoms with E-state index in [4.69, 9.17) is 16.3 Å². The number of alkyl halides is 1. The van der Waals surface area contributed by atoms with Crippen molar-refractivity contribution < 1.29 is 19.0 Å². The Balaban J connectivity index is 1.33. The molecule has 0 aliphatic carbocycles. The SMILES string of the molecule is COc1ccc2nccc([C@@H](F)CC[C@@H]3CCN(CCCc4ccc(Cl)s4)C[C@@H]3C(=O)O)c2c1. The van der Waals surface area contributed by atoms with Crippen molar-refractivity contribution in [2.45, 2.75) is 38.3 Å². The summed E-state index contributed by atoms with van der Waals surface area (Å²) in [6.07, 6.45) is 3.99. The molecule has 1 fully saturated rings. The number of thiophene rings is 1. The van der Waals surface area contributed by atoms with Crippen LogP contribution < -0.4 is 4.74 Å². The molecule has 1 saturated heterocycles. The molecule has 1 aromatic carbocycles. The number of benzene rings is 1. The molecule has 0 saturated carbocycles. The standard InChI is InChI=1S/C26H30ClFN2O3S/c1-33-18-5-8-24-21(15-18)20(10-12-29-24)23(28)7-4-17-11-14-30(16-22(17)26(31)32)13-2-3-19-6-9-25(27)34-19/h5-6,8-10,12,15,17,22-23H,2-4,7,11,13-14,16H2,1H3,(H,31,32)/t17-,22+,23+/m1/s1. The molecule has 1 aliphatic rings. The van der Waals surface area contributed by atoms with Gasteiger partial charge in [-0.05, 0) is 93.1 Å². The van der Waals surface area contributed by atoms with Crippen LogP contribution in [0.5, 0.6) is 5.75 Å². The van der Waals surface area contributed by atoms with E-state index in [0.29, 0.717) is 30.7 Å². The van der Waals surface area contributed by atoms with Gasteiger partial charge in [0.05, 0.1) is 22.9 Å². The number of aliphatic carboxylic acids is 1. The van der Waals surface area contributed by atoms with Crippen LogP contribution in [0.15, 0.2) is 42.6 Å². The van der Waals surface area contributed by atoms with Gasteiger partial charge in [0.2, 0.25) is 0 Å². The Morgan fingerprint density at radius 3 is 2.94 bits per heavy atom. The Labute approximate surface area is 208 Å². The van der Waals surface area contributed by atoms with E-state index in [1.165, 1.54) is 4.88 Å². The number of rotatable bonds is 10. The van der Waals surface area contributed by atoms with E-state index in [-0.39, 0.29) is 5.92 Å². The van der Waals surface area contributed by atoms with Gasteiger partial charge in [-0.3, -0.25) is 9.78 Å². The van der Waals surface area contributed by atoms with Gasteiger partial charge in [0, 0.05) is 23.0 Å². The number of aromatic nitrogens is 1. The average Bonchev–Trinajstić information content (AvgIpc) is 3.26. The number of halogens is 2. The number of nitrogens with zero attached hydrogens (tertiary/aromatic N) is 2. The van der Waals surface area contributed by atoms with E-state index < -0.39 is 18.1 Å². The number of carboxylic acids is 1. The fraction of sp³-hybridized carbons (Fsp3) is 0.462. The molecule has 2 aromatic heterocycles. The number of ether oxygens (including phenoxy) is 1. The van der Waals surface area contributed by atoms with Crippen LogP contribution in [0.4, 0.5) is 4.39 Å². The number of carbonyl (C=O) groups is 1. The quantitative estimate of drug-likeness (QED) is 0.346. The molecule has 0 amide bonds. The second-order valence-electron chi connectivity index (χ2n) is 8.93. The zero-order valence-corrected chi connectivity index (χ0v) is 20.8. The maximum atomic E-state index is 15.4. The summed E-state index contributed by atoms with van der Waals surface area (Å²) in [5.74, 6) is -0.610. The van der Waals surface area contributed by atoms with Gasteiger partial charge in [0.1, 0.15) is 11.9 Å². The molecule has 0 bridgehead atoms. The fourth-order valence-corrected chi connectivity index (χ4v) is 6.05. The van der Waals surface area contributed by atoms with Crippen molar-refractivity contribution in [1.82, 2.24) is 9.88 Å². The van der Waals surface area contributed by atoms with E-state index in [1.807, 2.05) is 24.3 Å². The Hall–Kier alpha value is -2.22. The molecule has 0 radical (unpaired) electrons. The lowest BCUT2D eigenvalue weighted by Crippen LogP contribution is -2.44. The first kappa shape index (κ1) is 24.9. The predicted molar refractivity (Wildman–Crippen MR) is 135 cm³/mol. The van der Waals surface area contributed by atoms with Gasteiger partial charge in [-0.25, -0.2) is 4.39 Å². The molecule has 5 nitrogen and oxygen atoms in total. The lowest BCUT2D eigenvalue weighted by molar-refractivity contribution is -0.146. The second-order valence-corrected chi connectivity index (χ2v) is 10.7. The van der Waals surface area contributed by atoms with Gasteiger partial charge < -0.3 is 14.7 Å². The Morgan fingerprint density at radius 2 is 2.21 bits per heavy atom. The molecular weight excluding hydrogens is 475 g/mol. The van der Waals surface area contributed by atoms with Crippen LogP contribution in [-0.2, 0) is 11.2 Å². The van der Waals surface area contributed by atoms with E-state index >= 15 is 4.39 Å². The van der Waals surface area contributed by atoms with Gasteiger partial charge in [-0.15, -0.1) is 11.3 Å². The van der Waals surface area contributed by atoms with E-state index in [0.717, 1.165) is 47.6 Å². The molecule has 3 heterocycles. The molecule has 182 valence electrons. The average molecular weight is 505 g/mol. The highest BCUT2D eigenvalue weighted by Gasteiger charge is 2.34. The third-order valence-electron chi connectivity index (χ3n) is 6.79. The van der Waals surface area contributed by atoms with Crippen molar-refractivity contribution in [3.63, 3.8) is 0 Å². The number of piperidine rings is 1. The minimum atomic E-state index is -1.18. The monoisotopic (exact) mass is 504 g/mol. The summed E-state index contributed by atoms with van der Waals surface area (Å²) in [5, 5.41) is 10.6. The molecule has 8 heteroatoms. The number of likely N-dealkylation sites (tertiary alicyclic amines) is 1. The highest BCUT2D eigenvalue weighted by atomic mass is 35.5. The number of fused-ring (bicyclic) bond motifs is 1. The number of hydrogen-bond acceptors (Lipinski definition) is 5. The molecular formula is C26H30ClFN2O3S. The molecule has 3 atom stereocenters. The summed E-state index contributed by atoms with van der Waals surface area (Å²) in [4.78, 5) is 19.8. The van der Waals surface area contributed by atoms with E-state index in [1.54, 1.807) is 30.7 Å². The van der Waals surface area contributed by atoms with Crippen molar-refractivity contribution in [3.8, 4) is 5.75 Å². The third kappa shape index (κ3) is 6.06. The van der Waals surface area contributed by atoms with Gasteiger partial charge in [0.15, 0.2) is 0 Å². The maximum absolute atomic E-state index is 15.4. The van der Waals surface area contributed by atoms with Crippen LogP contribution in [-0.4, -0.2) is 47.7 Å². The summed E-state index contributed by atoms with van der Waals surface area (Å²) in [7, 11) is 1.58. The van der Waals surface area contributed by atoms with Crippen molar-refractivity contribution in [3.05, 3.63) is 57.4 Å². The van der Waals surface area contributed by atoms with Crippen LogP contribution >= 0.6 is 22.9 Å². The fourth-order valence-electron chi connectivity index (χ4n) is 4.92. The third-order valence-corrected chi connectivity index (χ3v) is 8.09. The minimum absolute atomic E-state index is 0.0225. The first-order valence-corrected chi connectivity index (χ1v) is 12.9. The number of hydrogen-bond donors (Lipinski definition) is 1. The normalized spacial score (nSPS) is 19.9. The number of methoxy groups -OCH3 is 1. The molecule has 3 aromatic rings. The van der Waals surface area contributed by atoms with Crippen LogP contribution in [0.1, 0.15) is 42.3 Å². The largest absolute Gasteiger partial charge is 0.497 e. The Morgan fingerprint density at radius 1 is 1.35 bits per heavy atom. The van der Waals surface area contributed by atoms with Crippen LogP contribution in [0.25, 0.3) is 10.9 Å². The van der Waals surface area contributed by atoms with Crippen LogP contribution in [0.2, 0.25) is 4.34 Å². The topological polar surface area (TPSA) is 62.7 Å². The number of carboxylic acid groups (broad SMARTS) is 1. The van der Waals surface area contributed by atoms with Crippen molar-refractivity contribution in [2.75, 3.05) is 26.7 Å². The molecule has 34 heavy (non-hydrogen) atoms. The number of aryl methyl sites for hydroxylation is 1. The van der Waals surface area contributed by atoms with Crippen LogP contribution in [0.3, 0.4) is 0 Å². The van der Waals surface area contributed by atoms with Gasteiger partial charge in [-0.1, -0.05) is 11.6 Å². The second kappa shape index (κ2) is 11.5. The van der Waals surface area contributed by atoms with E-state index in [9.17, 15) is 9.90 Å². The zero-order valence-electron chi connectivity index (χ0n) is 19.3. The van der Waals surface area contributed by atoms with Crippen LogP contribution in [0, 0.1) is 11.8 Å². The minimum Gasteiger partial charge on any atom is -0.497 e. The highest BCUT2D eigenvalue weighted by Crippen LogP contribution is 2.35. The maximum Gasteiger partial charge on any atom is 0.308 e. The van der Waals surface area contributed by atoms with Gasteiger partial charge >= 0.3 is 5.97 Å². The molecule has 1 aliphatic heterocycles. The molecule has 0 unspecified atom stereocenters. The van der Waals surface area contributed by atoms with E-state index in [2.05, 4.69) is 16.0 Å². The Bertz CT molecular complexity index is 1120. The molecule has 1 N–H and O–H groups in total. The zero-order chi connectivity index (χ0) is 24.1. The van der Waals surface area contributed by atoms with Gasteiger partial charge in [-0.2, -0.15) is 0 Å². The lowest BCUT2D eigenvalue weighted by atomic mass is 9.81. The van der Waals surface area contributed by atoms with Crippen molar-refractivity contribution >= 4 is 39.8 Å². The molecule has 0 spiro atoms. The first-order valence-electron chi connectivity index (χ1n) is 11.7. The summed E-state index contributed by atoms with van der Waals surface area (Å²) in [5.41, 5.74) is 1.31. The highest BCUT2D eigenvalue weighted by molar-refractivity contribution is 7.16. The summed E-state index contributed by atoms with van der Waals surface area (Å²) in [6.45, 7) is 2.24.